The van der Waals surface area contributed by atoms with E-state index in [2.05, 4.69) is 36.2 Å². The van der Waals surface area contributed by atoms with E-state index in [1.807, 2.05) is 18.2 Å². The molecule has 174 valence electrons. The number of ketones is 1. The van der Waals surface area contributed by atoms with Crippen molar-refractivity contribution in [1.29, 1.82) is 0 Å². The molecule has 1 unspecified atom stereocenters. The minimum absolute atomic E-state index is 0.184. The van der Waals surface area contributed by atoms with E-state index in [0.717, 1.165) is 29.8 Å². The molecule has 1 amide bonds. The summed E-state index contributed by atoms with van der Waals surface area (Å²) >= 11 is 0. The fourth-order valence-corrected chi connectivity index (χ4v) is 5.31. The smallest absolute Gasteiger partial charge is 0.255 e. The van der Waals surface area contributed by atoms with Gasteiger partial charge in [-0.1, -0.05) is 48.5 Å². The molecule has 2 heterocycles. The van der Waals surface area contributed by atoms with Gasteiger partial charge in [-0.3, -0.25) is 9.59 Å². The number of hydrogen-bond donors (Lipinski definition) is 0. The van der Waals surface area contributed by atoms with Gasteiger partial charge in [0, 0.05) is 12.1 Å². The van der Waals surface area contributed by atoms with Gasteiger partial charge in [-0.05, 0) is 91.8 Å². The van der Waals surface area contributed by atoms with Crippen LogP contribution in [0.5, 0.6) is 0 Å². The van der Waals surface area contributed by atoms with Crippen LogP contribution in [-0.4, -0.2) is 41.6 Å². The summed E-state index contributed by atoms with van der Waals surface area (Å²) in [5.74, 6) is -0.189. The maximum atomic E-state index is 13.8. The number of hydrogen-bond acceptors (Lipinski definition) is 3. The van der Waals surface area contributed by atoms with Gasteiger partial charge in [0.2, 0.25) is 0 Å². The van der Waals surface area contributed by atoms with Crippen molar-refractivity contribution in [2.45, 2.75) is 38.3 Å². The zero-order valence-corrected chi connectivity index (χ0v) is 19.6. The second-order valence-corrected chi connectivity index (χ2v) is 9.57. The molecule has 3 aromatic carbocycles. The van der Waals surface area contributed by atoms with Crippen molar-refractivity contribution >= 4 is 11.7 Å². The van der Waals surface area contributed by atoms with Gasteiger partial charge in [0.15, 0.2) is 5.78 Å². The minimum Gasteiger partial charge on any atom is -0.320 e. The standard InChI is InChI=1S/C29H29FN2O2/c1-19(33)28(24-4-3-5-26(30)16-24)32-18-25-11-10-23(17-27(25)29(32)34)21-8-6-20(7-9-21)22-12-14-31(2)15-13-22/h3-11,16-17,22,28H,12-15,18H2,1-2H3. The number of benzene rings is 3. The number of carbonyl (C=O) groups is 2. The van der Waals surface area contributed by atoms with Crippen LogP contribution in [0.3, 0.4) is 0 Å². The lowest BCUT2D eigenvalue weighted by Crippen LogP contribution is -2.33. The summed E-state index contributed by atoms with van der Waals surface area (Å²) in [6.45, 7) is 4.05. The first-order valence-corrected chi connectivity index (χ1v) is 11.9. The van der Waals surface area contributed by atoms with Gasteiger partial charge in [0.05, 0.1) is 0 Å². The van der Waals surface area contributed by atoms with Crippen LogP contribution >= 0.6 is 0 Å². The molecular weight excluding hydrogens is 427 g/mol. The predicted molar refractivity (Wildman–Crippen MR) is 131 cm³/mol. The molecule has 0 saturated carbocycles. The molecule has 3 aromatic rings. The van der Waals surface area contributed by atoms with Gasteiger partial charge >= 0.3 is 0 Å². The van der Waals surface area contributed by atoms with E-state index in [4.69, 9.17) is 0 Å². The molecule has 0 spiro atoms. The van der Waals surface area contributed by atoms with Crippen LogP contribution in [0.25, 0.3) is 11.1 Å². The molecule has 34 heavy (non-hydrogen) atoms. The SMILES string of the molecule is CC(=O)C(c1cccc(F)c1)N1Cc2ccc(-c3ccc(C4CCN(C)CC4)cc3)cc2C1=O. The average molecular weight is 457 g/mol. The Labute approximate surface area is 200 Å². The topological polar surface area (TPSA) is 40.6 Å². The van der Waals surface area contributed by atoms with E-state index in [0.29, 0.717) is 23.6 Å². The van der Waals surface area contributed by atoms with Crippen molar-refractivity contribution in [3.63, 3.8) is 0 Å². The maximum Gasteiger partial charge on any atom is 0.255 e. The summed E-state index contributed by atoms with van der Waals surface area (Å²) in [6, 6.07) is 19.8. The van der Waals surface area contributed by atoms with Crippen LogP contribution in [0.2, 0.25) is 0 Å². The van der Waals surface area contributed by atoms with Crippen molar-refractivity contribution < 1.29 is 14.0 Å². The van der Waals surface area contributed by atoms with Crippen LogP contribution < -0.4 is 0 Å². The highest BCUT2D eigenvalue weighted by Crippen LogP contribution is 2.35. The van der Waals surface area contributed by atoms with Gasteiger partial charge in [0.25, 0.3) is 5.91 Å². The highest BCUT2D eigenvalue weighted by Gasteiger charge is 2.36. The van der Waals surface area contributed by atoms with E-state index in [9.17, 15) is 14.0 Å². The lowest BCUT2D eigenvalue weighted by molar-refractivity contribution is -0.121. The molecular formula is C29H29FN2O2. The van der Waals surface area contributed by atoms with Crippen molar-refractivity contribution in [3.05, 3.63) is 94.8 Å². The summed E-state index contributed by atoms with van der Waals surface area (Å²) < 4.78 is 13.8. The Kier molecular flexibility index (Phi) is 6.05. The molecule has 2 aliphatic heterocycles. The van der Waals surface area contributed by atoms with Crippen molar-refractivity contribution in [2.24, 2.45) is 0 Å². The summed E-state index contributed by atoms with van der Waals surface area (Å²) in [7, 11) is 2.17. The lowest BCUT2D eigenvalue weighted by atomic mass is 9.88. The maximum absolute atomic E-state index is 13.8. The summed E-state index contributed by atoms with van der Waals surface area (Å²) in [6.07, 6.45) is 2.36. The third-order valence-electron chi connectivity index (χ3n) is 7.24. The Bertz CT molecular complexity index is 1230. The third kappa shape index (κ3) is 4.28. The van der Waals surface area contributed by atoms with Gasteiger partial charge in [-0.25, -0.2) is 4.39 Å². The van der Waals surface area contributed by atoms with Gasteiger partial charge in [-0.15, -0.1) is 0 Å². The first-order valence-electron chi connectivity index (χ1n) is 11.9. The second-order valence-electron chi connectivity index (χ2n) is 9.57. The van der Waals surface area contributed by atoms with Crippen LogP contribution in [0.4, 0.5) is 4.39 Å². The fourth-order valence-electron chi connectivity index (χ4n) is 5.31. The molecule has 1 saturated heterocycles. The number of carbonyl (C=O) groups excluding carboxylic acids is 2. The fraction of sp³-hybridized carbons (Fsp3) is 0.310. The van der Waals surface area contributed by atoms with Gasteiger partial charge < -0.3 is 9.80 Å². The molecule has 4 nitrogen and oxygen atoms in total. The first-order chi connectivity index (χ1) is 16.4. The predicted octanol–water partition coefficient (Wildman–Crippen LogP) is 5.59. The number of Topliss-reactive ketones (excluding diaryl/α,β-unsaturated/α-hetero) is 1. The van der Waals surface area contributed by atoms with Crippen LogP contribution in [0.1, 0.15) is 58.8 Å². The van der Waals surface area contributed by atoms with Gasteiger partial charge in [0.1, 0.15) is 11.9 Å². The average Bonchev–Trinajstić information content (AvgIpc) is 3.15. The molecule has 0 bridgehead atoms. The molecule has 0 aromatic heterocycles. The van der Waals surface area contributed by atoms with Crippen LogP contribution in [0.15, 0.2) is 66.7 Å². The van der Waals surface area contributed by atoms with E-state index in [1.54, 1.807) is 17.0 Å². The lowest BCUT2D eigenvalue weighted by Gasteiger charge is -2.29. The van der Waals surface area contributed by atoms with E-state index in [-0.39, 0.29) is 11.7 Å². The van der Waals surface area contributed by atoms with Crippen molar-refractivity contribution in [3.8, 4) is 11.1 Å². The number of likely N-dealkylation sites (tertiary alicyclic amines) is 1. The minimum atomic E-state index is -0.798. The number of halogens is 1. The Morgan fingerprint density at radius 1 is 0.971 bits per heavy atom. The molecule has 0 radical (unpaired) electrons. The van der Waals surface area contributed by atoms with Crippen LogP contribution in [-0.2, 0) is 11.3 Å². The highest BCUT2D eigenvalue weighted by molar-refractivity contribution is 6.02. The summed E-state index contributed by atoms with van der Waals surface area (Å²) in [5.41, 5.74) is 5.42. The van der Waals surface area contributed by atoms with Crippen molar-refractivity contribution in [1.82, 2.24) is 9.80 Å². The molecule has 0 aliphatic carbocycles. The molecule has 5 rings (SSSR count). The number of rotatable bonds is 5. The number of nitrogens with zero attached hydrogens (tertiary/aromatic N) is 2. The summed E-state index contributed by atoms with van der Waals surface area (Å²) in [4.78, 5) is 29.8. The zero-order valence-electron chi connectivity index (χ0n) is 19.6. The number of fused-ring (bicyclic) bond motifs is 1. The molecule has 0 N–H and O–H groups in total. The normalized spacial score (nSPS) is 17.6. The first kappa shape index (κ1) is 22.5. The summed E-state index contributed by atoms with van der Waals surface area (Å²) in [5, 5.41) is 0. The van der Waals surface area contributed by atoms with Crippen LogP contribution in [0, 0.1) is 5.82 Å². The highest BCUT2D eigenvalue weighted by atomic mass is 19.1. The molecule has 5 heteroatoms. The quantitative estimate of drug-likeness (QED) is 0.503. The van der Waals surface area contributed by atoms with Gasteiger partial charge in [-0.2, -0.15) is 0 Å². The Balaban J connectivity index is 1.38. The zero-order chi connectivity index (χ0) is 23.8. The number of amides is 1. The number of piperidine rings is 1. The monoisotopic (exact) mass is 456 g/mol. The Hall–Kier alpha value is -3.31. The second kappa shape index (κ2) is 9.15. The largest absolute Gasteiger partial charge is 0.320 e. The van der Waals surface area contributed by atoms with E-state index < -0.39 is 11.9 Å². The van der Waals surface area contributed by atoms with E-state index in [1.165, 1.54) is 37.5 Å². The molecule has 2 aliphatic rings. The molecule has 1 atom stereocenters. The van der Waals surface area contributed by atoms with E-state index >= 15 is 0 Å². The Morgan fingerprint density at radius 2 is 1.68 bits per heavy atom. The Morgan fingerprint density at radius 3 is 2.35 bits per heavy atom. The molecule has 1 fully saturated rings. The van der Waals surface area contributed by atoms with Crippen molar-refractivity contribution in [2.75, 3.05) is 20.1 Å². The third-order valence-corrected chi connectivity index (χ3v) is 7.24.